The zero-order valence-electron chi connectivity index (χ0n) is 37.9. The molecule has 12 rings (SSSR count). The van der Waals surface area contributed by atoms with Gasteiger partial charge in [0, 0.05) is 39.2 Å². The quantitative estimate of drug-likeness (QED) is 0.134. The van der Waals surface area contributed by atoms with Crippen molar-refractivity contribution in [2.24, 2.45) is 0 Å². The fraction of sp³-hybridized carbons (Fsp3) is 0.0152. The summed E-state index contributed by atoms with van der Waals surface area (Å²) in [5, 5.41) is 13.8. The third kappa shape index (κ3) is 7.11. The van der Waals surface area contributed by atoms with Crippen molar-refractivity contribution < 1.29 is 0 Å². The Morgan fingerprint density at radius 2 is 0.913 bits per heavy atom. The molecule has 1 heterocycles. The molecule has 3 nitrogen and oxygen atoms in total. The Bertz CT molecular complexity index is 3520. The molecule has 1 aliphatic carbocycles. The Balaban J connectivity index is 1.15. The van der Waals surface area contributed by atoms with E-state index in [1.165, 1.54) is 33.4 Å². The van der Waals surface area contributed by atoms with Gasteiger partial charge in [-0.05, 0) is 80.4 Å². The lowest BCUT2D eigenvalue weighted by molar-refractivity contribution is 0.768. The monoisotopic (exact) mass is 881 g/mol. The smallest absolute Gasteiger partial charge is 0.0714 e. The SMILES string of the molecule is N=C(/C(=C1\NC(c2ccccc2)=Cc2cc(N(c3ccccc3-c3ccccc3)c3cccc4c3-c3ccccc3C4(c3ccccc3)c3ccccc3)ccc21)c1ccccc1)c1ccccc1. The van der Waals surface area contributed by atoms with E-state index in [9.17, 15) is 5.41 Å². The van der Waals surface area contributed by atoms with E-state index in [1.807, 2.05) is 36.4 Å². The van der Waals surface area contributed by atoms with Crippen LogP contribution < -0.4 is 10.2 Å². The molecule has 0 bridgehead atoms. The highest BCUT2D eigenvalue weighted by Gasteiger charge is 2.47. The van der Waals surface area contributed by atoms with Gasteiger partial charge < -0.3 is 10.2 Å². The van der Waals surface area contributed by atoms with Gasteiger partial charge in [-0.25, -0.2) is 0 Å². The van der Waals surface area contributed by atoms with Gasteiger partial charge in [0.15, 0.2) is 0 Å². The van der Waals surface area contributed by atoms with Crippen LogP contribution in [0.1, 0.15) is 50.1 Å². The number of nitrogens with zero attached hydrogens (tertiary/aromatic N) is 1. The number of fused-ring (bicyclic) bond motifs is 4. The van der Waals surface area contributed by atoms with E-state index >= 15 is 0 Å². The van der Waals surface area contributed by atoms with Crippen LogP contribution in [0.2, 0.25) is 0 Å². The second-order valence-electron chi connectivity index (χ2n) is 17.6. The van der Waals surface area contributed by atoms with Crippen molar-refractivity contribution >= 4 is 45.8 Å². The molecule has 2 aliphatic rings. The Hall–Kier alpha value is -9.05. The first-order chi connectivity index (χ1) is 34.2. The van der Waals surface area contributed by atoms with Crippen molar-refractivity contribution in [2.45, 2.75) is 5.41 Å². The third-order valence-electron chi connectivity index (χ3n) is 13.8. The zero-order valence-corrected chi connectivity index (χ0v) is 37.9. The molecule has 0 fully saturated rings. The van der Waals surface area contributed by atoms with Crippen molar-refractivity contribution in [3.8, 4) is 22.3 Å². The standard InChI is InChI=1S/C66H47N3/c67-64(49-30-13-4-14-31-49)62(48-28-11-3-12-29-48)65-55-43-42-53(44-50(55)45-59(68-65)47-26-9-2-10-27-47)69(60-40-22-20-36-54(60)46-24-7-1-8-25-46)61-41-23-39-58-63(61)56-37-19-21-38-57(56)66(58,51-32-15-5-16-33-51)52-34-17-6-18-35-52/h1-45,67-68H/b65-62-,67-64?. The molecule has 0 atom stereocenters. The molecule has 0 spiro atoms. The molecule has 2 N–H and O–H groups in total. The summed E-state index contributed by atoms with van der Waals surface area (Å²) in [5.74, 6) is 0. The number of nitrogens with one attached hydrogen (secondary N) is 2. The Morgan fingerprint density at radius 1 is 0.406 bits per heavy atom. The molecule has 0 radical (unpaired) electrons. The van der Waals surface area contributed by atoms with Gasteiger partial charge in [0.05, 0.1) is 28.2 Å². The zero-order chi connectivity index (χ0) is 46.2. The molecule has 0 aromatic heterocycles. The van der Waals surface area contributed by atoms with E-state index in [0.29, 0.717) is 5.71 Å². The highest BCUT2D eigenvalue weighted by Crippen LogP contribution is 2.60. The van der Waals surface area contributed by atoms with Gasteiger partial charge >= 0.3 is 0 Å². The Morgan fingerprint density at radius 3 is 1.57 bits per heavy atom. The third-order valence-corrected chi connectivity index (χ3v) is 13.8. The first-order valence-electron chi connectivity index (χ1n) is 23.6. The topological polar surface area (TPSA) is 39.1 Å². The summed E-state index contributed by atoms with van der Waals surface area (Å²) in [4.78, 5) is 2.48. The van der Waals surface area contributed by atoms with Gasteiger partial charge in [0.1, 0.15) is 0 Å². The van der Waals surface area contributed by atoms with Crippen LogP contribution in [-0.2, 0) is 5.41 Å². The van der Waals surface area contributed by atoms with Gasteiger partial charge in [-0.15, -0.1) is 0 Å². The maximum atomic E-state index is 9.87. The van der Waals surface area contributed by atoms with Crippen LogP contribution in [-0.4, -0.2) is 5.71 Å². The van der Waals surface area contributed by atoms with E-state index in [-0.39, 0.29) is 0 Å². The summed E-state index contributed by atoms with van der Waals surface area (Å²) in [5.41, 5.74) is 20.3. The normalized spacial score (nSPS) is 13.8. The predicted molar refractivity (Wildman–Crippen MR) is 288 cm³/mol. The average Bonchev–Trinajstić information content (AvgIpc) is 3.74. The van der Waals surface area contributed by atoms with Gasteiger partial charge in [0.2, 0.25) is 0 Å². The number of hydrogen-bond acceptors (Lipinski definition) is 3. The molecule has 0 saturated heterocycles. The maximum Gasteiger partial charge on any atom is 0.0714 e. The minimum atomic E-state index is -0.569. The van der Waals surface area contributed by atoms with E-state index in [0.717, 1.165) is 73.0 Å². The highest BCUT2D eigenvalue weighted by atomic mass is 15.1. The molecule has 326 valence electrons. The van der Waals surface area contributed by atoms with Crippen molar-refractivity contribution in [1.82, 2.24) is 5.32 Å². The van der Waals surface area contributed by atoms with Crippen LogP contribution in [0.25, 0.3) is 45.3 Å². The molecule has 69 heavy (non-hydrogen) atoms. The summed E-state index contributed by atoms with van der Waals surface area (Å²) in [6.07, 6.45) is 2.27. The summed E-state index contributed by atoms with van der Waals surface area (Å²) < 4.78 is 0. The minimum absolute atomic E-state index is 0.450. The molecule has 3 heteroatoms. The molecule has 10 aromatic carbocycles. The molecular formula is C66H47N3. The highest BCUT2D eigenvalue weighted by molar-refractivity contribution is 6.36. The first kappa shape index (κ1) is 41.4. The van der Waals surface area contributed by atoms with Crippen LogP contribution in [0.4, 0.5) is 17.1 Å². The number of allylic oxidation sites excluding steroid dienone is 1. The van der Waals surface area contributed by atoms with E-state index in [4.69, 9.17) is 0 Å². The van der Waals surface area contributed by atoms with Crippen molar-refractivity contribution in [1.29, 1.82) is 5.41 Å². The fourth-order valence-electron chi connectivity index (χ4n) is 10.8. The van der Waals surface area contributed by atoms with Crippen LogP contribution in [0.15, 0.2) is 267 Å². The molecule has 0 amide bonds. The van der Waals surface area contributed by atoms with Gasteiger partial charge in [-0.3, -0.25) is 5.41 Å². The second-order valence-corrected chi connectivity index (χ2v) is 17.6. The van der Waals surface area contributed by atoms with E-state index in [2.05, 4.69) is 247 Å². The first-order valence-corrected chi connectivity index (χ1v) is 23.6. The lowest BCUT2D eigenvalue weighted by Gasteiger charge is -2.35. The summed E-state index contributed by atoms with van der Waals surface area (Å²) in [6, 6.07) is 95.2. The lowest BCUT2D eigenvalue weighted by atomic mass is 9.68. The number of anilines is 3. The van der Waals surface area contributed by atoms with Gasteiger partial charge in [0.25, 0.3) is 0 Å². The van der Waals surface area contributed by atoms with Crippen LogP contribution in [0, 0.1) is 5.41 Å². The van der Waals surface area contributed by atoms with Gasteiger partial charge in [-0.1, -0.05) is 243 Å². The molecule has 0 saturated carbocycles. The Kier molecular flexibility index (Phi) is 10.6. The predicted octanol–water partition coefficient (Wildman–Crippen LogP) is 16.2. The van der Waals surface area contributed by atoms with Crippen LogP contribution >= 0.6 is 0 Å². The summed E-state index contributed by atoms with van der Waals surface area (Å²) in [7, 11) is 0. The van der Waals surface area contributed by atoms with Crippen LogP contribution in [0.3, 0.4) is 0 Å². The largest absolute Gasteiger partial charge is 0.354 e. The van der Waals surface area contributed by atoms with Crippen LogP contribution in [0.5, 0.6) is 0 Å². The second kappa shape index (κ2) is 17.6. The number of hydrogen-bond donors (Lipinski definition) is 2. The lowest BCUT2D eigenvalue weighted by Crippen LogP contribution is -2.28. The number of para-hydroxylation sites is 1. The minimum Gasteiger partial charge on any atom is -0.354 e. The van der Waals surface area contributed by atoms with Gasteiger partial charge in [-0.2, -0.15) is 0 Å². The molecule has 1 aliphatic heterocycles. The number of benzene rings is 10. The van der Waals surface area contributed by atoms with Crippen molar-refractivity contribution in [2.75, 3.05) is 4.90 Å². The summed E-state index contributed by atoms with van der Waals surface area (Å²) >= 11 is 0. The van der Waals surface area contributed by atoms with Crippen molar-refractivity contribution in [3.63, 3.8) is 0 Å². The average molecular weight is 882 g/mol. The van der Waals surface area contributed by atoms with Crippen molar-refractivity contribution in [3.05, 3.63) is 317 Å². The molecular weight excluding hydrogens is 835 g/mol. The Labute approximate surface area is 404 Å². The fourth-order valence-corrected chi connectivity index (χ4v) is 10.8. The maximum absolute atomic E-state index is 9.87. The van der Waals surface area contributed by atoms with E-state index < -0.39 is 5.41 Å². The summed E-state index contributed by atoms with van der Waals surface area (Å²) in [6.45, 7) is 0. The number of rotatable bonds is 10. The van der Waals surface area contributed by atoms with E-state index in [1.54, 1.807) is 0 Å². The molecule has 0 unspecified atom stereocenters. The molecule has 10 aromatic rings.